The number of nitrogens with one attached hydrogen (secondary N) is 1. The first kappa shape index (κ1) is 26.4. The van der Waals surface area contributed by atoms with E-state index < -0.39 is 12.4 Å². The predicted molar refractivity (Wildman–Crippen MR) is 137 cm³/mol. The molecule has 5 rings (SSSR count). The Bertz CT molecular complexity index is 807. The molecule has 204 valence electrons. The van der Waals surface area contributed by atoms with E-state index in [1.807, 2.05) is 4.90 Å². The van der Waals surface area contributed by atoms with Gasteiger partial charge in [-0.25, -0.2) is 0 Å². The second-order valence-corrected chi connectivity index (χ2v) is 13.2. The predicted octanol–water partition coefficient (Wildman–Crippen LogP) is 3.88. The summed E-state index contributed by atoms with van der Waals surface area (Å²) < 4.78 is 12.7. The Balaban J connectivity index is 1.22. The molecule has 0 bridgehead atoms. The number of hydrogen-bond donors (Lipinski definition) is 2. The van der Waals surface area contributed by atoms with E-state index in [-0.39, 0.29) is 40.6 Å². The Morgan fingerprint density at radius 3 is 2.44 bits per heavy atom. The number of carbonyl (C=O) groups excluding carboxylic acids is 2. The number of carbonyl (C=O) groups is 2. The normalized spacial score (nSPS) is 42.0. The van der Waals surface area contributed by atoms with E-state index in [1.54, 1.807) is 0 Å². The summed E-state index contributed by atoms with van der Waals surface area (Å²) in [4.78, 5) is 27.8. The van der Waals surface area contributed by atoms with Gasteiger partial charge >= 0.3 is 0 Å². The fourth-order valence-electron chi connectivity index (χ4n) is 8.48. The van der Waals surface area contributed by atoms with Gasteiger partial charge in [0.15, 0.2) is 6.29 Å². The van der Waals surface area contributed by atoms with Crippen molar-refractivity contribution in [2.45, 2.75) is 110 Å². The van der Waals surface area contributed by atoms with Crippen molar-refractivity contribution in [2.24, 2.45) is 34.5 Å². The van der Waals surface area contributed by atoms with Crippen LogP contribution in [0.25, 0.3) is 0 Å². The summed E-state index contributed by atoms with van der Waals surface area (Å²) in [6, 6.07) is 0. The second kappa shape index (κ2) is 10.5. The molecule has 0 aromatic heterocycles. The van der Waals surface area contributed by atoms with Gasteiger partial charge in [0, 0.05) is 30.8 Å². The number of nitrogens with zero attached hydrogens (tertiary/aromatic N) is 1. The minimum atomic E-state index is -0.428. The second-order valence-electron chi connectivity index (χ2n) is 13.2. The van der Waals surface area contributed by atoms with E-state index in [4.69, 9.17) is 9.47 Å². The largest absolute Gasteiger partial charge is 0.393 e. The van der Waals surface area contributed by atoms with Gasteiger partial charge in [0.1, 0.15) is 0 Å². The van der Waals surface area contributed by atoms with Gasteiger partial charge in [0.25, 0.3) is 0 Å². The summed E-state index contributed by atoms with van der Waals surface area (Å²) >= 11 is 0. The minimum absolute atomic E-state index is 0.0238. The van der Waals surface area contributed by atoms with Crippen LogP contribution in [0.2, 0.25) is 0 Å². The molecule has 2 amide bonds. The number of likely N-dealkylation sites (tertiary alicyclic amines) is 1. The molecule has 5 aliphatic rings. The molecular weight excluding hydrogens is 456 g/mol. The van der Waals surface area contributed by atoms with Gasteiger partial charge < -0.3 is 24.8 Å². The third-order valence-corrected chi connectivity index (χ3v) is 10.9. The van der Waals surface area contributed by atoms with Gasteiger partial charge in [-0.2, -0.15) is 0 Å². The van der Waals surface area contributed by atoms with Crippen molar-refractivity contribution in [3.05, 3.63) is 0 Å². The van der Waals surface area contributed by atoms with Crippen LogP contribution in [0, 0.1) is 34.5 Å². The molecule has 2 N–H and O–H groups in total. The van der Waals surface area contributed by atoms with Crippen molar-refractivity contribution >= 4 is 11.8 Å². The smallest absolute Gasteiger partial charge is 0.223 e. The van der Waals surface area contributed by atoms with Crippen LogP contribution >= 0.6 is 0 Å². The number of ether oxygens (including phenoxy) is 2. The highest BCUT2D eigenvalue weighted by Gasteiger charge is 2.61. The Labute approximate surface area is 217 Å². The molecule has 2 aliphatic heterocycles. The summed E-state index contributed by atoms with van der Waals surface area (Å²) in [7, 11) is 0. The number of hydrogen-bond acceptors (Lipinski definition) is 5. The van der Waals surface area contributed by atoms with Crippen molar-refractivity contribution in [2.75, 3.05) is 26.2 Å². The molecular formula is C29H48N2O5. The summed E-state index contributed by atoms with van der Waals surface area (Å²) in [5.74, 6) is 1.51. The Kier molecular flexibility index (Phi) is 7.73. The van der Waals surface area contributed by atoms with Crippen LogP contribution in [0.1, 0.15) is 91.4 Å². The first-order valence-corrected chi connectivity index (χ1v) is 14.7. The zero-order chi connectivity index (χ0) is 25.5. The van der Waals surface area contributed by atoms with Gasteiger partial charge in [-0.1, -0.05) is 33.6 Å². The van der Waals surface area contributed by atoms with Crippen LogP contribution in [0.5, 0.6) is 0 Å². The number of aliphatic hydroxyl groups is 1. The van der Waals surface area contributed by atoms with Crippen molar-refractivity contribution in [3.8, 4) is 0 Å². The summed E-state index contributed by atoms with van der Waals surface area (Å²) in [5.41, 5.74) is -0.265. The van der Waals surface area contributed by atoms with E-state index in [9.17, 15) is 14.7 Å². The maximum atomic E-state index is 13.3. The monoisotopic (exact) mass is 504 g/mol. The molecule has 3 saturated carbocycles. The first-order chi connectivity index (χ1) is 17.2. The van der Waals surface area contributed by atoms with Crippen LogP contribution in [0.4, 0.5) is 0 Å². The van der Waals surface area contributed by atoms with Gasteiger partial charge in [0.2, 0.25) is 11.8 Å². The van der Waals surface area contributed by atoms with Crippen LogP contribution in [0.3, 0.4) is 0 Å². The van der Waals surface area contributed by atoms with Crippen molar-refractivity contribution < 1.29 is 24.2 Å². The fraction of sp³-hybridized carbons (Fsp3) is 0.931. The maximum absolute atomic E-state index is 13.3. The molecule has 7 atom stereocenters. The summed E-state index contributed by atoms with van der Waals surface area (Å²) in [5, 5.41) is 14.2. The molecule has 2 heterocycles. The molecule has 7 heteroatoms. The molecule has 0 radical (unpaired) electrons. The van der Waals surface area contributed by atoms with E-state index in [2.05, 4.69) is 26.1 Å². The molecule has 0 spiro atoms. The maximum Gasteiger partial charge on any atom is 0.223 e. The third-order valence-electron chi connectivity index (χ3n) is 10.9. The molecule has 3 aliphatic carbocycles. The number of piperidine rings is 1. The first-order valence-electron chi connectivity index (χ1n) is 14.7. The molecule has 36 heavy (non-hydrogen) atoms. The fourth-order valence-corrected chi connectivity index (χ4v) is 8.48. The zero-order valence-corrected chi connectivity index (χ0v) is 22.7. The Morgan fingerprint density at radius 2 is 1.72 bits per heavy atom. The van der Waals surface area contributed by atoms with Crippen LogP contribution in [-0.2, 0) is 19.1 Å². The van der Waals surface area contributed by atoms with Gasteiger partial charge in [-0.15, -0.1) is 0 Å². The lowest BCUT2D eigenvalue weighted by atomic mass is 9.46. The van der Waals surface area contributed by atoms with Crippen LogP contribution in [-0.4, -0.2) is 66.6 Å². The number of rotatable bonds is 5. The highest BCUT2D eigenvalue weighted by molar-refractivity contribution is 5.78. The summed E-state index contributed by atoms with van der Waals surface area (Å²) in [6.45, 7) is 9.57. The molecule has 7 nitrogen and oxygen atoms in total. The zero-order valence-electron chi connectivity index (χ0n) is 22.7. The third kappa shape index (κ3) is 4.96. The minimum Gasteiger partial charge on any atom is -0.393 e. The Morgan fingerprint density at radius 1 is 1.00 bits per heavy atom. The number of fused-ring (bicyclic) bond motifs is 3. The lowest BCUT2D eigenvalue weighted by Gasteiger charge is -2.63. The molecule has 5 fully saturated rings. The van der Waals surface area contributed by atoms with E-state index in [0.717, 1.165) is 77.3 Å². The highest BCUT2D eigenvalue weighted by atomic mass is 16.7. The number of aliphatic hydroxyl groups excluding tert-OH is 1. The highest BCUT2D eigenvalue weighted by Crippen LogP contribution is 2.62. The topological polar surface area (TPSA) is 88.1 Å². The van der Waals surface area contributed by atoms with Gasteiger partial charge in [-0.3, -0.25) is 9.59 Å². The van der Waals surface area contributed by atoms with Gasteiger partial charge in [-0.05, 0) is 74.5 Å². The average molecular weight is 505 g/mol. The molecule has 7 unspecified atom stereocenters. The van der Waals surface area contributed by atoms with Crippen molar-refractivity contribution in [1.29, 1.82) is 0 Å². The SMILES string of the molecule is CC1CCN(C(=O)CC2C(O)CCC3C4(C)COC(CNC(=O)C5CCCC5)OC4CCC23C)CC1. The molecule has 0 aromatic carbocycles. The number of amides is 2. The van der Waals surface area contributed by atoms with Gasteiger partial charge in [0.05, 0.1) is 25.4 Å². The molecule has 0 aromatic rings. The Hall–Kier alpha value is -1.18. The lowest BCUT2D eigenvalue weighted by Crippen LogP contribution is -2.63. The van der Waals surface area contributed by atoms with Crippen molar-refractivity contribution in [3.63, 3.8) is 0 Å². The average Bonchev–Trinajstić information content (AvgIpc) is 3.40. The van der Waals surface area contributed by atoms with E-state index in [0.29, 0.717) is 31.4 Å². The quantitative estimate of drug-likeness (QED) is 0.593. The summed E-state index contributed by atoms with van der Waals surface area (Å²) in [6.07, 6.45) is 9.65. The van der Waals surface area contributed by atoms with E-state index in [1.165, 1.54) is 0 Å². The standard InChI is InChI=1S/C29H48N2O5/c1-19-11-14-31(15-12-19)25(33)16-21-22(32)8-9-23-28(21,2)13-10-24-29(23,3)18-35-26(36-24)17-30-27(34)20-6-4-5-7-20/h19-24,26,32H,4-18H2,1-3H3,(H,30,34). The van der Waals surface area contributed by atoms with Crippen molar-refractivity contribution in [1.82, 2.24) is 10.2 Å². The molecule has 2 saturated heterocycles. The van der Waals surface area contributed by atoms with Crippen LogP contribution in [0.15, 0.2) is 0 Å². The lowest BCUT2D eigenvalue weighted by molar-refractivity contribution is -0.306. The van der Waals surface area contributed by atoms with E-state index >= 15 is 0 Å². The van der Waals surface area contributed by atoms with Crippen LogP contribution < -0.4 is 5.32 Å².